The van der Waals surface area contributed by atoms with Gasteiger partial charge in [0, 0.05) is 46.2 Å². The number of carboxylic acids is 1. The fraction of sp³-hybridized carbons (Fsp3) is 0.240. The number of aliphatic carboxylic acids is 1. The molecule has 0 radical (unpaired) electrons. The second-order valence-corrected chi connectivity index (χ2v) is 12.3. The van der Waals surface area contributed by atoms with E-state index < -0.39 is 52.3 Å². The first-order valence-corrected chi connectivity index (χ1v) is 15.1. The fourth-order valence-electron chi connectivity index (χ4n) is 4.28. The van der Waals surface area contributed by atoms with E-state index in [0.29, 0.717) is 17.1 Å². The number of aromatic amines is 1. The molecule has 1 fully saturated rings. The third-order valence-electron chi connectivity index (χ3n) is 6.41. The Morgan fingerprint density at radius 1 is 1.33 bits per heavy atom. The predicted molar refractivity (Wildman–Crippen MR) is 151 cm³/mol. The van der Waals surface area contributed by atoms with Gasteiger partial charge in [0.15, 0.2) is 29.3 Å². The summed E-state index contributed by atoms with van der Waals surface area (Å²) in [6.07, 6.45) is 4.67. The summed E-state index contributed by atoms with van der Waals surface area (Å²) >= 11 is 3.75. The number of nitrogens with two attached hydrogens (primary N) is 1. The van der Waals surface area contributed by atoms with Crippen molar-refractivity contribution in [1.29, 1.82) is 0 Å². The molecule has 3 atom stereocenters. The van der Waals surface area contributed by atoms with E-state index >= 15 is 0 Å². The normalized spacial score (nSPS) is 18.6. The summed E-state index contributed by atoms with van der Waals surface area (Å²) in [7, 11) is 1.88. The van der Waals surface area contributed by atoms with Crippen molar-refractivity contribution in [3.8, 4) is 5.75 Å². The lowest BCUT2D eigenvalue weighted by molar-refractivity contribution is -0.671. The molecule has 2 aliphatic rings. The summed E-state index contributed by atoms with van der Waals surface area (Å²) in [6.45, 7) is 0. The van der Waals surface area contributed by atoms with Gasteiger partial charge in [-0.15, -0.1) is 34.9 Å². The highest BCUT2D eigenvalue weighted by molar-refractivity contribution is 8.01. The van der Waals surface area contributed by atoms with E-state index in [0.717, 1.165) is 33.4 Å². The summed E-state index contributed by atoms with van der Waals surface area (Å²) in [6, 6.07) is 2.17. The molecule has 3 amide bonds. The van der Waals surface area contributed by atoms with Gasteiger partial charge >= 0.3 is 0 Å². The van der Waals surface area contributed by atoms with Crippen molar-refractivity contribution in [2.24, 2.45) is 7.05 Å². The molecule has 6 N–H and O–H groups in total. The number of aromatic hydroxyl groups is 1. The highest BCUT2D eigenvalue weighted by atomic mass is 32.2. The number of nitrogens with zero attached hydrogens (tertiary/aromatic N) is 3. The number of carbonyl (C=O) groups is 4. The van der Waals surface area contributed by atoms with Crippen LogP contribution >= 0.6 is 34.9 Å². The van der Waals surface area contributed by atoms with Crippen molar-refractivity contribution in [1.82, 2.24) is 25.5 Å². The third-order valence-corrected chi connectivity index (χ3v) is 9.54. The van der Waals surface area contributed by atoms with E-state index in [-0.39, 0.29) is 22.2 Å². The highest BCUT2D eigenvalue weighted by Crippen LogP contribution is 2.41. The number of H-pyrrole nitrogens is 1. The van der Waals surface area contributed by atoms with Crippen LogP contribution in [-0.4, -0.2) is 66.6 Å². The third kappa shape index (κ3) is 5.83. The molecule has 5 heterocycles. The summed E-state index contributed by atoms with van der Waals surface area (Å²) < 4.78 is 1.87. The maximum Gasteiger partial charge on any atom is 0.268 e. The number of nitrogens with one attached hydrogen (secondary N) is 3. The molecule has 5 rings (SSSR count). The molecule has 0 saturated carbocycles. The van der Waals surface area contributed by atoms with E-state index in [4.69, 9.17) is 5.73 Å². The zero-order chi connectivity index (χ0) is 30.1. The van der Waals surface area contributed by atoms with Gasteiger partial charge in [-0.1, -0.05) is 0 Å². The minimum absolute atomic E-state index is 0.0912. The molecule has 3 aromatic heterocycles. The van der Waals surface area contributed by atoms with Crippen molar-refractivity contribution in [2.45, 2.75) is 22.4 Å². The number of pyridine rings is 2. The Morgan fingerprint density at radius 3 is 2.71 bits per heavy atom. The standard InChI is InChI=1S/C25H23N7O7S3/c1-31-4-2-12(3-5-31)40-8-11-9-41-23-18(22(37)32(23)19(11)24(38)39)30-21(36)17(14-10-42-25(26)28-14)29-20(35)13-6-15(33)16(34)7-27-13/h2-7,10,17-18,23H,8-9H2,1H3,(H6-,26,27,28,29,30,33,34,35,36,38,39). The first kappa shape index (κ1) is 29.2. The molecule has 17 heteroatoms. The maximum absolute atomic E-state index is 13.4. The number of fused-ring (bicyclic) bond motifs is 1. The number of rotatable bonds is 9. The Morgan fingerprint density at radius 2 is 2.07 bits per heavy atom. The predicted octanol–water partition coefficient (Wildman–Crippen LogP) is -1.39. The second kappa shape index (κ2) is 11.9. The molecule has 1 saturated heterocycles. The van der Waals surface area contributed by atoms with Crippen molar-refractivity contribution < 1.29 is 34.0 Å². The molecular weight excluding hydrogens is 607 g/mol. The molecule has 218 valence electrons. The van der Waals surface area contributed by atoms with Crippen LogP contribution in [0.15, 0.2) is 63.1 Å². The monoisotopic (exact) mass is 629 g/mol. The Balaban J connectivity index is 1.32. The SMILES string of the molecule is C[n+]1ccc(SCC2=C(C(=O)[O-])N3C(=O)C(NC(=O)C(NC(=O)c4cc(=O)c(O)c[nH]4)c4csc(N)n4)C3SC2)cc1. The second-order valence-electron chi connectivity index (χ2n) is 9.24. The van der Waals surface area contributed by atoms with Crippen LogP contribution in [0.3, 0.4) is 0 Å². The van der Waals surface area contributed by atoms with E-state index in [1.807, 2.05) is 36.1 Å². The lowest BCUT2D eigenvalue weighted by Crippen LogP contribution is -2.71. The number of aryl methyl sites for hydroxylation is 1. The number of anilines is 1. The van der Waals surface area contributed by atoms with Gasteiger partial charge in [0.1, 0.15) is 24.2 Å². The van der Waals surface area contributed by atoms with Gasteiger partial charge in [0.2, 0.25) is 11.3 Å². The topological polar surface area (TPSA) is 215 Å². The van der Waals surface area contributed by atoms with E-state index in [9.17, 15) is 34.2 Å². The Kier molecular flexibility index (Phi) is 8.24. The molecule has 0 bridgehead atoms. The quantitative estimate of drug-likeness (QED) is 0.106. The van der Waals surface area contributed by atoms with Crippen LogP contribution in [0.25, 0.3) is 0 Å². The van der Waals surface area contributed by atoms with Crippen LogP contribution in [-0.2, 0) is 21.4 Å². The van der Waals surface area contributed by atoms with Gasteiger partial charge in [-0.25, -0.2) is 9.55 Å². The van der Waals surface area contributed by atoms with E-state index in [1.54, 1.807) is 0 Å². The summed E-state index contributed by atoms with van der Waals surface area (Å²) in [5.74, 6) is -3.74. The lowest BCUT2D eigenvalue weighted by atomic mass is 10.0. The molecule has 42 heavy (non-hydrogen) atoms. The van der Waals surface area contributed by atoms with Crippen molar-refractivity contribution >= 4 is 63.7 Å². The first-order valence-electron chi connectivity index (χ1n) is 12.2. The summed E-state index contributed by atoms with van der Waals surface area (Å²) in [5, 5.41) is 27.5. The molecule has 2 aliphatic heterocycles. The van der Waals surface area contributed by atoms with Crippen LogP contribution in [0.1, 0.15) is 22.2 Å². The number of thiazole rings is 1. The number of amides is 3. The minimum Gasteiger partial charge on any atom is -0.543 e. The number of carbonyl (C=O) groups excluding carboxylic acids is 4. The zero-order valence-electron chi connectivity index (χ0n) is 21.7. The molecule has 3 aromatic rings. The molecule has 0 aromatic carbocycles. The minimum atomic E-state index is -1.49. The van der Waals surface area contributed by atoms with Gasteiger partial charge < -0.3 is 36.4 Å². The van der Waals surface area contributed by atoms with Crippen LogP contribution < -0.4 is 31.5 Å². The van der Waals surface area contributed by atoms with Crippen LogP contribution in [0.4, 0.5) is 5.13 Å². The van der Waals surface area contributed by atoms with Crippen molar-refractivity contribution in [2.75, 3.05) is 17.2 Å². The zero-order valence-corrected chi connectivity index (χ0v) is 24.2. The number of carboxylic acid groups (broad SMARTS) is 1. The lowest BCUT2D eigenvalue weighted by Gasteiger charge is -2.51. The smallest absolute Gasteiger partial charge is 0.268 e. The molecular formula is C25H23N7O7S3. The number of hydrogen-bond donors (Lipinski definition) is 5. The van der Waals surface area contributed by atoms with Gasteiger partial charge in [-0.3, -0.25) is 24.1 Å². The maximum atomic E-state index is 13.4. The average molecular weight is 630 g/mol. The van der Waals surface area contributed by atoms with Crippen molar-refractivity contribution in [3.05, 3.63) is 75.1 Å². The van der Waals surface area contributed by atoms with Crippen LogP contribution in [0.2, 0.25) is 0 Å². The Bertz CT molecular complexity index is 1670. The highest BCUT2D eigenvalue weighted by Gasteiger charge is 2.53. The van der Waals surface area contributed by atoms with Crippen LogP contribution in [0, 0.1) is 0 Å². The molecule has 14 nitrogen and oxygen atoms in total. The van der Waals surface area contributed by atoms with E-state index in [1.165, 1.54) is 28.9 Å². The number of β-lactam (4-membered cyclic amide) rings is 1. The number of hydrogen-bond acceptors (Lipinski definition) is 12. The van der Waals surface area contributed by atoms with Gasteiger partial charge in [0.05, 0.1) is 17.4 Å². The van der Waals surface area contributed by atoms with E-state index in [2.05, 4.69) is 20.6 Å². The average Bonchev–Trinajstić information content (AvgIpc) is 3.40. The van der Waals surface area contributed by atoms with Crippen molar-refractivity contribution in [3.63, 3.8) is 0 Å². The summed E-state index contributed by atoms with van der Waals surface area (Å²) in [4.78, 5) is 71.8. The Labute approximate surface area is 250 Å². The molecule has 0 spiro atoms. The molecule has 3 unspecified atom stereocenters. The number of nitrogen functional groups attached to an aromatic ring is 1. The number of thioether (sulfide) groups is 2. The Hall–Kier alpha value is -4.35. The fourth-order valence-corrected chi connectivity index (χ4v) is 7.24. The summed E-state index contributed by atoms with van der Waals surface area (Å²) in [5.41, 5.74) is 5.09. The largest absolute Gasteiger partial charge is 0.543 e. The number of aromatic nitrogens is 3. The van der Waals surface area contributed by atoms with Gasteiger partial charge in [0.25, 0.3) is 11.8 Å². The van der Waals surface area contributed by atoms with Gasteiger partial charge in [-0.2, -0.15) is 0 Å². The van der Waals surface area contributed by atoms with Crippen LogP contribution in [0.5, 0.6) is 5.75 Å². The van der Waals surface area contributed by atoms with Gasteiger partial charge in [-0.05, 0) is 5.57 Å². The molecule has 0 aliphatic carbocycles. The first-order chi connectivity index (χ1) is 20.0.